The van der Waals surface area contributed by atoms with Crippen LogP contribution in [0.1, 0.15) is 31.2 Å². The molecule has 2 aliphatic heterocycles. The lowest BCUT2D eigenvalue weighted by atomic mass is 9.73. The quantitative estimate of drug-likeness (QED) is 0.791. The fourth-order valence-corrected chi connectivity index (χ4v) is 4.38. The molecule has 5 nitrogen and oxygen atoms in total. The predicted molar refractivity (Wildman–Crippen MR) is 101 cm³/mol. The first-order chi connectivity index (χ1) is 12.5. The summed E-state index contributed by atoms with van der Waals surface area (Å²) in [6.07, 6.45) is 3.82. The zero-order chi connectivity index (χ0) is 18.6. The number of benzene rings is 1. The molecule has 2 aliphatic rings. The van der Waals surface area contributed by atoms with Crippen LogP contribution in [0, 0.1) is 5.41 Å². The minimum atomic E-state index is 0.0239. The van der Waals surface area contributed by atoms with Crippen LogP contribution in [0.5, 0.6) is 0 Å². The molecule has 3 rings (SSSR count). The Bertz CT molecular complexity index is 666. The van der Waals surface area contributed by atoms with Crippen molar-refractivity contribution in [2.24, 2.45) is 5.41 Å². The first-order valence-electron chi connectivity index (χ1n) is 9.31. The van der Waals surface area contributed by atoms with Gasteiger partial charge in [-0.25, -0.2) is 0 Å². The highest BCUT2D eigenvalue weighted by atomic mass is 35.5. The zero-order valence-electron chi connectivity index (χ0n) is 15.4. The van der Waals surface area contributed by atoms with E-state index in [0.717, 1.165) is 44.5 Å². The lowest BCUT2D eigenvalue weighted by Gasteiger charge is -2.48. The normalized spacial score (nSPS) is 23.5. The van der Waals surface area contributed by atoms with E-state index in [1.807, 2.05) is 34.1 Å². The number of carbonyl (C=O) groups excluding carboxylic acids is 2. The molecule has 2 fully saturated rings. The number of piperidine rings is 2. The minimum absolute atomic E-state index is 0.0239. The van der Waals surface area contributed by atoms with Crippen LogP contribution in [0.4, 0.5) is 0 Å². The van der Waals surface area contributed by atoms with Gasteiger partial charge in [0.05, 0.1) is 13.0 Å². The molecular weight excluding hydrogens is 352 g/mol. The van der Waals surface area contributed by atoms with Crippen LogP contribution in [0.2, 0.25) is 5.02 Å². The molecule has 2 heterocycles. The highest BCUT2D eigenvalue weighted by molar-refractivity contribution is 6.31. The van der Waals surface area contributed by atoms with E-state index in [-0.39, 0.29) is 17.2 Å². The third-order valence-electron chi connectivity index (χ3n) is 5.63. The SMILES string of the molecule is COCCN1C[C@]2(CCCN(C(=O)Cc3ccccc3Cl)C2)CCC1=O. The van der Waals surface area contributed by atoms with Crippen LogP contribution in [-0.4, -0.2) is 61.5 Å². The average Bonchev–Trinajstić information content (AvgIpc) is 2.65. The molecule has 2 amide bonds. The van der Waals surface area contributed by atoms with Gasteiger partial charge in [-0.1, -0.05) is 29.8 Å². The molecule has 1 atom stereocenters. The molecule has 2 saturated heterocycles. The monoisotopic (exact) mass is 378 g/mol. The van der Waals surface area contributed by atoms with Gasteiger partial charge in [0.1, 0.15) is 0 Å². The van der Waals surface area contributed by atoms with E-state index in [2.05, 4.69) is 0 Å². The third-order valence-corrected chi connectivity index (χ3v) is 6.00. The molecule has 0 saturated carbocycles. The predicted octanol–water partition coefficient (Wildman–Crippen LogP) is 2.76. The summed E-state index contributed by atoms with van der Waals surface area (Å²) >= 11 is 6.21. The van der Waals surface area contributed by atoms with Gasteiger partial charge in [0.2, 0.25) is 11.8 Å². The minimum Gasteiger partial charge on any atom is -0.383 e. The van der Waals surface area contributed by atoms with Gasteiger partial charge in [-0.3, -0.25) is 9.59 Å². The van der Waals surface area contributed by atoms with E-state index in [9.17, 15) is 9.59 Å². The summed E-state index contributed by atoms with van der Waals surface area (Å²) in [6, 6.07) is 7.51. The molecule has 0 aromatic heterocycles. The van der Waals surface area contributed by atoms with Gasteiger partial charge in [0.15, 0.2) is 0 Å². The first-order valence-corrected chi connectivity index (χ1v) is 9.69. The van der Waals surface area contributed by atoms with Gasteiger partial charge >= 0.3 is 0 Å². The van der Waals surface area contributed by atoms with E-state index in [1.54, 1.807) is 7.11 Å². The maximum atomic E-state index is 12.8. The van der Waals surface area contributed by atoms with E-state index in [4.69, 9.17) is 16.3 Å². The van der Waals surface area contributed by atoms with E-state index < -0.39 is 0 Å². The van der Waals surface area contributed by atoms with E-state index >= 15 is 0 Å². The van der Waals surface area contributed by atoms with Crippen LogP contribution >= 0.6 is 11.6 Å². The van der Waals surface area contributed by atoms with Gasteiger partial charge < -0.3 is 14.5 Å². The topological polar surface area (TPSA) is 49.9 Å². The van der Waals surface area contributed by atoms with Crippen molar-refractivity contribution < 1.29 is 14.3 Å². The number of ether oxygens (including phenoxy) is 1. The molecule has 0 bridgehead atoms. The first kappa shape index (κ1) is 19.2. The molecule has 0 radical (unpaired) electrons. The molecule has 0 N–H and O–H groups in total. The number of likely N-dealkylation sites (tertiary alicyclic amines) is 2. The Morgan fingerprint density at radius 1 is 1.27 bits per heavy atom. The summed E-state index contributed by atoms with van der Waals surface area (Å²) in [6.45, 7) is 3.43. The number of hydrogen-bond donors (Lipinski definition) is 0. The van der Waals surface area contributed by atoms with E-state index in [1.165, 1.54) is 0 Å². The smallest absolute Gasteiger partial charge is 0.227 e. The Morgan fingerprint density at radius 3 is 2.85 bits per heavy atom. The van der Waals surface area contributed by atoms with Crippen LogP contribution in [0.3, 0.4) is 0 Å². The van der Waals surface area contributed by atoms with Gasteiger partial charge in [-0.15, -0.1) is 0 Å². The highest BCUT2D eigenvalue weighted by Gasteiger charge is 2.42. The summed E-state index contributed by atoms with van der Waals surface area (Å²) < 4.78 is 5.13. The van der Waals surface area contributed by atoms with Gasteiger partial charge in [-0.05, 0) is 30.9 Å². The Balaban J connectivity index is 1.65. The van der Waals surface area contributed by atoms with Crippen LogP contribution in [0.15, 0.2) is 24.3 Å². The summed E-state index contributed by atoms with van der Waals surface area (Å²) in [7, 11) is 1.65. The average molecular weight is 379 g/mol. The molecule has 1 spiro atoms. The molecule has 1 aromatic carbocycles. The number of rotatable bonds is 5. The Morgan fingerprint density at radius 2 is 2.08 bits per heavy atom. The van der Waals surface area contributed by atoms with Gasteiger partial charge in [0, 0.05) is 50.1 Å². The van der Waals surface area contributed by atoms with Gasteiger partial charge in [-0.2, -0.15) is 0 Å². The lowest BCUT2D eigenvalue weighted by molar-refractivity contribution is -0.143. The summed E-state index contributed by atoms with van der Waals surface area (Å²) in [5, 5.41) is 0.640. The summed E-state index contributed by atoms with van der Waals surface area (Å²) in [5.41, 5.74) is 0.898. The fourth-order valence-electron chi connectivity index (χ4n) is 4.18. The third kappa shape index (κ3) is 4.38. The Kier molecular flexibility index (Phi) is 6.20. The number of amides is 2. The largest absolute Gasteiger partial charge is 0.383 e. The van der Waals surface area contributed by atoms with Crippen LogP contribution in [-0.2, 0) is 20.7 Å². The second-order valence-electron chi connectivity index (χ2n) is 7.50. The Labute approximate surface area is 160 Å². The standard InChI is InChI=1S/C20H27ClN2O3/c1-26-12-11-23-15-20(9-7-18(23)24)8-4-10-22(14-20)19(25)13-16-5-2-3-6-17(16)21/h2-3,5-6H,4,7-15H2,1H3/t20-/m1/s1. The van der Waals surface area contributed by atoms with Crippen molar-refractivity contribution in [2.75, 3.05) is 39.9 Å². The van der Waals surface area contributed by atoms with Crippen LogP contribution in [0.25, 0.3) is 0 Å². The van der Waals surface area contributed by atoms with Crippen molar-refractivity contribution in [3.63, 3.8) is 0 Å². The van der Waals surface area contributed by atoms with Crippen molar-refractivity contribution in [2.45, 2.75) is 32.1 Å². The van der Waals surface area contributed by atoms with Crippen molar-refractivity contribution in [3.05, 3.63) is 34.9 Å². The molecule has 6 heteroatoms. The zero-order valence-corrected chi connectivity index (χ0v) is 16.1. The molecule has 0 unspecified atom stereocenters. The van der Waals surface area contributed by atoms with Crippen molar-refractivity contribution in [3.8, 4) is 0 Å². The number of hydrogen-bond acceptors (Lipinski definition) is 3. The summed E-state index contributed by atoms with van der Waals surface area (Å²) in [5.74, 6) is 0.324. The van der Waals surface area contributed by atoms with Crippen LogP contribution < -0.4 is 0 Å². The van der Waals surface area contributed by atoms with Crippen molar-refractivity contribution >= 4 is 23.4 Å². The molecule has 1 aromatic rings. The molecular formula is C20H27ClN2O3. The van der Waals surface area contributed by atoms with Gasteiger partial charge in [0.25, 0.3) is 0 Å². The molecule has 0 aliphatic carbocycles. The number of halogens is 1. The van der Waals surface area contributed by atoms with Crippen molar-refractivity contribution in [1.29, 1.82) is 0 Å². The highest BCUT2D eigenvalue weighted by Crippen LogP contribution is 2.39. The maximum Gasteiger partial charge on any atom is 0.227 e. The molecule has 26 heavy (non-hydrogen) atoms. The lowest BCUT2D eigenvalue weighted by Crippen LogP contribution is -2.55. The second kappa shape index (κ2) is 8.40. The number of methoxy groups -OCH3 is 1. The summed E-state index contributed by atoms with van der Waals surface area (Å²) in [4.78, 5) is 28.9. The fraction of sp³-hybridized carbons (Fsp3) is 0.600. The van der Waals surface area contributed by atoms with E-state index in [0.29, 0.717) is 31.0 Å². The maximum absolute atomic E-state index is 12.8. The second-order valence-corrected chi connectivity index (χ2v) is 7.90. The van der Waals surface area contributed by atoms with Crippen molar-refractivity contribution in [1.82, 2.24) is 9.80 Å². The number of carbonyl (C=O) groups is 2. The number of nitrogens with zero attached hydrogens (tertiary/aromatic N) is 2. The Hall–Kier alpha value is -1.59. The molecule has 142 valence electrons.